The van der Waals surface area contributed by atoms with E-state index < -0.39 is 18.1 Å². The Bertz CT molecular complexity index is 2520. The highest BCUT2D eigenvalue weighted by Gasteiger charge is 2.44. The molecule has 2 aromatic carbocycles. The number of aliphatic hydroxyl groups is 1. The Morgan fingerprint density at radius 1 is 0.952 bits per heavy atom. The molecule has 0 unspecified atom stereocenters. The van der Waals surface area contributed by atoms with Gasteiger partial charge in [0.15, 0.2) is 17.2 Å². The van der Waals surface area contributed by atoms with Crippen molar-refractivity contribution in [1.82, 2.24) is 45.3 Å². The largest absolute Gasteiger partial charge is 0.507 e. The van der Waals surface area contributed by atoms with Crippen molar-refractivity contribution in [2.75, 3.05) is 63.8 Å². The predicted octanol–water partition coefficient (Wildman–Crippen LogP) is 5.55. The Balaban J connectivity index is 0.752. The average molecular weight is 859 g/mol. The molecule has 3 saturated heterocycles. The number of amides is 2. The van der Waals surface area contributed by atoms with Crippen LogP contribution in [0.5, 0.6) is 5.75 Å². The lowest BCUT2D eigenvalue weighted by Gasteiger charge is -2.41. The van der Waals surface area contributed by atoms with E-state index in [0.29, 0.717) is 28.8 Å². The summed E-state index contributed by atoms with van der Waals surface area (Å²) in [5, 5.41) is 38.2. The van der Waals surface area contributed by atoms with Crippen LogP contribution in [0.4, 0.5) is 5.82 Å². The monoisotopic (exact) mass is 858 g/mol. The van der Waals surface area contributed by atoms with E-state index in [1.165, 1.54) is 4.90 Å². The summed E-state index contributed by atoms with van der Waals surface area (Å²) in [6, 6.07) is 20.2. The topological polar surface area (TPSA) is 180 Å². The summed E-state index contributed by atoms with van der Waals surface area (Å²) in [5.41, 5.74) is 8.09. The first-order chi connectivity index (χ1) is 30.0. The van der Waals surface area contributed by atoms with Crippen LogP contribution >= 0.6 is 11.3 Å². The van der Waals surface area contributed by atoms with Crippen LogP contribution in [0.25, 0.3) is 32.7 Å². The van der Waals surface area contributed by atoms with E-state index in [1.807, 2.05) is 81.7 Å². The number of phenolic OH excluding ortho intramolecular Hbond substituents is 1. The first kappa shape index (κ1) is 41.7. The number of hydrogen-bond donors (Lipinski definition) is 4. The van der Waals surface area contributed by atoms with E-state index in [-0.39, 0.29) is 42.5 Å². The number of aromatic hydroxyl groups is 1. The molecular weight excluding hydrogens is 805 g/mol. The number of β-amino-alcohol motifs (C(OH)–C–C–N with tert-alkyl or cyclic N) is 1. The molecular formula is C46H54N10O5S. The number of benzene rings is 2. The molecule has 3 aliphatic heterocycles. The number of anilines is 1. The number of likely N-dealkylation sites (tertiary alicyclic amines) is 2. The van der Waals surface area contributed by atoms with Gasteiger partial charge in [-0.3, -0.25) is 14.5 Å². The van der Waals surface area contributed by atoms with Crippen LogP contribution in [0.1, 0.15) is 67.8 Å². The molecule has 9 rings (SSSR count). The molecule has 4 N–H and O–H groups in total. The molecule has 6 aromatic rings. The third-order valence-electron chi connectivity index (χ3n) is 12.8. The van der Waals surface area contributed by atoms with Gasteiger partial charge < -0.3 is 39.7 Å². The minimum atomic E-state index is -0.800. The number of rotatable bonds is 13. The van der Waals surface area contributed by atoms with Gasteiger partial charge in [0, 0.05) is 94.0 Å². The van der Waals surface area contributed by atoms with Gasteiger partial charge in [-0.2, -0.15) is 0 Å². The number of aromatic amines is 1. The summed E-state index contributed by atoms with van der Waals surface area (Å²) in [6.07, 6.45) is -0.628. The van der Waals surface area contributed by atoms with Crippen LogP contribution in [0.15, 0.2) is 76.8 Å². The SMILES string of the molecule is Cc1ncsc1-c1ccc([C@H](C)NC(=O)[C@@H]2C[C@@H](O)CN2C(=O)[C@@H](c2cc(N3CCN(CCN4CC(c5cc6cc(-c7ccccc7O)nnc6[nH]5)C4)CC3)no2)C(C)C)cc1. The summed E-state index contributed by atoms with van der Waals surface area (Å²) in [4.78, 5) is 45.6. The molecule has 3 fully saturated rings. The van der Waals surface area contributed by atoms with Crippen LogP contribution < -0.4 is 10.2 Å². The number of carbonyl (C=O) groups is 2. The molecule has 62 heavy (non-hydrogen) atoms. The maximum absolute atomic E-state index is 14.3. The molecule has 7 heterocycles. The van der Waals surface area contributed by atoms with Crippen molar-refractivity contribution in [1.29, 1.82) is 0 Å². The van der Waals surface area contributed by atoms with Gasteiger partial charge in [-0.1, -0.05) is 55.4 Å². The lowest BCUT2D eigenvalue weighted by Crippen LogP contribution is -2.52. The number of nitrogens with one attached hydrogen (secondary N) is 2. The zero-order valence-electron chi connectivity index (χ0n) is 35.6. The molecule has 16 heteroatoms. The maximum Gasteiger partial charge on any atom is 0.243 e. The Morgan fingerprint density at radius 3 is 2.44 bits per heavy atom. The van der Waals surface area contributed by atoms with E-state index in [1.54, 1.807) is 23.5 Å². The zero-order chi connectivity index (χ0) is 43.1. The third-order valence-corrected chi connectivity index (χ3v) is 13.8. The van der Waals surface area contributed by atoms with Gasteiger partial charge in [-0.05, 0) is 55.2 Å². The molecule has 0 aliphatic carbocycles. The molecule has 4 aromatic heterocycles. The van der Waals surface area contributed by atoms with Gasteiger partial charge in [0.05, 0.1) is 33.9 Å². The third kappa shape index (κ3) is 8.56. The van der Waals surface area contributed by atoms with E-state index in [0.717, 1.165) is 90.8 Å². The standard InChI is InChI=1S/C46H54N10O5S/c1-27(2)42(46(60)56-25-34(57)21-38(56)45(59)48-28(3)30-9-11-31(12-10-30)43-29(4)47-26-62-43)40-22-41(52-61-40)55-17-15-53(16-18-55)13-14-54-23-33(24-54)36-19-32-20-37(50-51-44(32)49-36)35-7-5-6-8-39(35)58/h5-12,19-20,22,26-28,33-34,38,42,57-58H,13-18,21,23-25H2,1-4H3,(H,48,59)(H,49,51)/t28-,34+,38-,42+/m0/s1. The van der Waals surface area contributed by atoms with E-state index in [2.05, 4.69) is 51.4 Å². The molecule has 0 saturated carbocycles. The number of nitrogens with zero attached hydrogens (tertiary/aromatic N) is 8. The average Bonchev–Trinajstić information content (AvgIpc) is 4.07. The van der Waals surface area contributed by atoms with Gasteiger partial charge in [-0.15, -0.1) is 21.5 Å². The number of hydrogen-bond acceptors (Lipinski definition) is 13. The second-order valence-electron chi connectivity index (χ2n) is 17.4. The number of para-hydroxylation sites is 1. The van der Waals surface area contributed by atoms with Crippen LogP contribution in [0.2, 0.25) is 0 Å². The second-order valence-corrected chi connectivity index (χ2v) is 18.2. The Kier molecular flexibility index (Phi) is 11.8. The smallest absolute Gasteiger partial charge is 0.243 e. The number of piperazine rings is 1. The summed E-state index contributed by atoms with van der Waals surface area (Å²) in [6.45, 7) is 15.2. The van der Waals surface area contributed by atoms with E-state index in [4.69, 9.17) is 4.52 Å². The highest BCUT2D eigenvalue weighted by Crippen LogP contribution is 2.35. The van der Waals surface area contributed by atoms with E-state index in [9.17, 15) is 19.8 Å². The fourth-order valence-electron chi connectivity index (χ4n) is 9.12. The highest BCUT2D eigenvalue weighted by molar-refractivity contribution is 7.13. The first-order valence-electron chi connectivity index (χ1n) is 21.6. The van der Waals surface area contributed by atoms with Crippen molar-refractivity contribution >= 4 is 40.0 Å². The Labute approximate surface area is 364 Å². The summed E-state index contributed by atoms with van der Waals surface area (Å²) < 4.78 is 5.89. The highest BCUT2D eigenvalue weighted by atomic mass is 32.1. The molecule has 4 atom stereocenters. The van der Waals surface area contributed by atoms with Gasteiger partial charge in [-0.25, -0.2) is 4.98 Å². The number of phenols is 1. The normalized spacial score (nSPS) is 19.9. The van der Waals surface area contributed by atoms with Gasteiger partial charge in [0.1, 0.15) is 17.7 Å². The van der Waals surface area contributed by atoms with Gasteiger partial charge >= 0.3 is 0 Å². The molecule has 3 aliphatic rings. The Morgan fingerprint density at radius 2 is 1.71 bits per heavy atom. The van der Waals surface area contributed by atoms with E-state index >= 15 is 0 Å². The predicted molar refractivity (Wildman–Crippen MR) is 238 cm³/mol. The molecule has 15 nitrogen and oxygen atoms in total. The van der Waals surface area contributed by atoms with Crippen molar-refractivity contribution in [3.63, 3.8) is 0 Å². The van der Waals surface area contributed by atoms with Crippen molar-refractivity contribution < 1.29 is 24.3 Å². The number of carbonyl (C=O) groups excluding carboxylic acids is 2. The molecule has 324 valence electrons. The molecule has 0 spiro atoms. The van der Waals surface area contributed by atoms with Crippen LogP contribution in [0.3, 0.4) is 0 Å². The van der Waals surface area contributed by atoms with Crippen LogP contribution in [0, 0.1) is 12.8 Å². The molecule has 0 radical (unpaired) electrons. The van der Waals surface area contributed by atoms with Crippen molar-refractivity contribution in [2.45, 2.75) is 64.1 Å². The number of thiazole rings is 1. The van der Waals surface area contributed by atoms with Crippen molar-refractivity contribution in [2.24, 2.45) is 5.92 Å². The van der Waals surface area contributed by atoms with Crippen molar-refractivity contribution in [3.05, 3.63) is 95.0 Å². The Hall–Kier alpha value is -5.68. The quantitative estimate of drug-likeness (QED) is 0.114. The lowest BCUT2D eigenvalue weighted by atomic mass is 9.91. The summed E-state index contributed by atoms with van der Waals surface area (Å²) in [7, 11) is 0. The second kappa shape index (κ2) is 17.6. The number of H-pyrrole nitrogens is 1. The number of aryl methyl sites for hydroxylation is 1. The minimum Gasteiger partial charge on any atom is -0.507 e. The van der Waals surface area contributed by atoms with Crippen LogP contribution in [-0.4, -0.2) is 133 Å². The summed E-state index contributed by atoms with van der Waals surface area (Å²) >= 11 is 1.60. The number of aliphatic hydroxyl groups excluding tert-OH is 1. The van der Waals surface area contributed by atoms with Crippen LogP contribution in [-0.2, 0) is 9.59 Å². The zero-order valence-corrected chi connectivity index (χ0v) is 36.4. The molecule has 2 amide bonds. The summed E-state index contributed by atoms with van der Waals surface area (Å²) in [5.74, 6) is 0.460. The van der Waals surface area contributed by atoms with Gasteiger partial charge in [0.2, 0.25) is 11.8 Å². The lowest BCUT2D eigenvalue weighted by molar-refractivity contribution is -0.141. The maximum atomic E-state index is 14.3. The van der Waals surface area contributed by atoms with Crippen molar-refractivity contribution in [3.8, 4) is 27.4 Å². The molecule has 0 bridgehead atoms. The fraction of sp³-hybridized carbons (Fsp3) is 0.435. The van der Waals surface area contributed by atoms with Gasteiger partial charge in [0.25, 0.3) is 0 Å². The number of fused-ring (bicyclic) bond motifs is 1. The first-order valence-corrected chi connectivity index (χ1v) is 22.5. The fourth-order valence-corrected chi connectivity index (χ4v) is 9.93. The number of aromatic nitrogens is 5. The minimum absolute atomic E-state index is 0.0827.